The molecule has 1 nitrogen and oxygen atoms in total. The predicted octanol–water partition coefficient (Wildman–Crippen LogP) is 2.92. The van der Waals surface area contributed by atoms with Gasteiger partial charge in [0.15, 0.2) is 0 Å². The predicted molar refractivity (Wildman–Crippen MR) is 50.4 cm³/mol. The van der Waals surface area contributed by atoms with Crippen molar-refractivity contribution >= 4 is 6.08 Å². The normalized spacial score (nSPS) is 10.9. The quantitative estimate of drug-likeness (QED) is 0.575. The average Bonchev–Trinajstić information content (AvgIpc) is 2.09. The second-order valence-electron chi connectivity index (χ2n) is 2.80. The number of allylic oxidation sites excluding steroid dienone is 1. The van der Waals surface area contributed by atoms with Crippen molar-refractivity contribution in [1.82, 2.24) is 0 Å². The van der Waals surface area contributed by atoms with Gasteiger partial charge in [0, 0.05) is 5.57 Å². The van der Waals surface area contributed by atoms with E-state index in [1.807, 2.05) is 44.2 Å². The van der Waals surface area contributed by atoms with E-state index in [0.717, 1.165) is 11.1 Å². The molecule has 0 saturated heterocycles. The molecule has 0 amide bonds. The van der Waals surface area contributed by atoms with Crippen molar-refractivity contribution in [3.63, 3.8) is 0 Å². The third kappa shape index (κ3) is 1.96. The summed E-state index contributed by atoms with van der Waals surface area (Å²) in [5, 5.41) is 8.57. The van der Waals surface area contributed by atoms with E-state index in [1.54, 1.807) is 0 Å². The molecule has 0 aromatic heterocycles. The summed E-state index contributed by atoms with van der Waals surface area (Å²) in [6, 6.07) is 10.1. The van der Waals surface area contributed by atoms with Crippen LogP contribution >= 0.6 is 0 Å². The third-order valence-corrected chi connectivity index (χ3v) is 1.74. The van der Waals surface area contributed by atoms with E-state index in [4.69, 9.17) is 5.26 Å². The molecule has 12 heavy (non-hydrogen) atoms. The van der Waals surface area contributed by atoms with E-state index in [9.17, 15) is 0 Å². The highest BCUT2D eigenvalue weighted by atomic mass is 14.2. The standard InChI is InChI=1S/C11H11N/c1-9(8-12)7-11-6-4-3-5-10(11)2/h3-7H,1-2H3/b9-7-. The van der Waals surface area contributed by atoms with Crippen molar-refractivity contribution in [2.45, 2.75) is 13.8 Å². The van der Waals surface area contributed by atoms with E-state index < -0.39 is 0 Å². The maximum atomic E-state index is 8.57. The summed E-state index contributed by atoms with van der Waals surface area (Å²) in [5.74, 6) is 0. The Morgan fingerprint density at radius 1 is 1.42 bits per heavy atom. The van der Waals surface area contributed by atoms with E-state index in [1.165, 1.54) is 5.56 Å². The molecule has 0 aliphatic rings. The summed E-state index contributed by atoms with van der Waals surface area (Å²) in [5.41, 5.74) is 3.06. The first-order chi connectivity index (χ1) is 5.74. The van der Waals surface area contributed by atoms with Crippen LogP contribution in [0.4, 0.5) is 0 Å². The third-order valence-electron chi connectivity index (χ3n) is 1.74. The van der Waals surface area contributed by atoms with Crippen LogP contribution in [0.1, 0.15) is 18.1 Å². The maximum absolute atomic E-state index is 8.57. The molecule has 0 aliphatic carbocycles. The Labute approximate surface area is 73.0 Å². The minimum Gasteiger partial charge on any atom is -0.193 e. The number of nitrogens with zero attached hydrogens (tertiary/aromatic N) is 1. The van der Waals surface area contributed by atoms with Crippen molar-refractivity contribution in [2.75, 3.05) is 0 Å². The monoisotopic (exact) mass is 157 g/mol. The molecule has 0 spiro atoms. The van der Waals surface area contributed by atoms with Crippen LogP contribution < -0.4 is 0 Å². The second kappa shape index (κ2) is 3.73. The Morgan fingerprint density at radius 3 is 2.67 bits per heavy atom. The smallest absolute Gasteiger partial charge is 0.0944 e. The summed E-state index contributed by atoms with van der Waals surface area (Å²) in [6.45, 7) is 3.85. The van der Waals surface area contributed by atoms with Crippen LogP contribution in [0.2, 0.25) is 0 Å². The summed E-state index contributed by atoms with van der Waals surface area (Å²) in [7, 11) is 0. The van der Waals surface area contributed by atoms with Crippen molar-refractivity contribution in [2.24, 2.45) is 0 Å². The van der Waals surface area contributed by atoms with E-state index in [2.05, 4.69) is 6.07 Å². The van der Waals surface area contributed by atoms with Gasteiger partial charge < -0.3 is 0 Å². The number of hydrogen-bond donors (Lipinski definition) is 0. The topological polar surface area (TPSA) is 23.8 Å². The lowest BCUT2D eigenvalue weighted by atomic mass is 10.1. The van der Waals surface area contributed by atoms with Gasteiger partial charge in [-0.15, -0.1) is 0 Å². The summed E-state index contributed by atoms with van der Waals surface area (Å²) < 4.78 is 0. The van der Waals surface area contributed by atoms with Crippen LogP contribution in [0.25, 0.3) is 6.08 Å². The van der Waals surface area contributed by atoms with Gasteiger partial charge in [-0.05, 0) is 31.1 Å². The van der Waals surface area contributed by atoms with E-state index in [-0.39, 0.29) is 0 Å². The molecule has 0 radical (unpaired) electrons. The zero-order chi connectivity index (χ0) is 8.97. The van der Waals surface area contributed by atoms with Crippen LogP contribution in [-0.2, 0) is 0 Å². The summed E-state index contributed by atoms with van der Waals surface area (Å²) in [6.07, 6.45) is 1.90. The van der Waals surface area contributed by atoms with Gasteiger partial charge in [-0.25, -0.2) is 0 Å². The first kappa shape index (κ1) is 8.55. The highest BCUT2D eigenvalue weighted by molar-refractivity contribution is 5.58. The Kier molecular flexibility index (Phi) is 2.66. The van der Waals surface area contributed by atoms with Crippen molar-refractivity contribution in [1.29, 1.82) is 5.26 Å². The molecule has 1 aromatic rings. The lowest BCUT2D eigenvalue weighted by molar-refractivity contribution is 1.42. The highest BCUT2D eigenvalue weighted by Crippen LogP contribution is 2.10. The molecular formula is C11H11N. The fourth-order valence-corrected chi connectivity index (χ4v) is 1.01. The molecule has 0 fully saturated rings. The van der Waals surface area contributed by atoms with Crippen LogP contribution in [0.5, 0.6) is 0 Å². The number of rotatable bonds is 1. The van der Waals surface area contributed by atoms with Crippen LogP contribution in [-0.4, -0.2) is 0 Å². The molecule has 0 atom stereocenters. The van der Waals surface area contributed by atoms with Gasteiger partial charge in [0.05, 0.1) is 6.07 Å². The number of benzene rings is 1. The molecule has 0 bridgehead atoms. The summed E-state index contributed by atoms with van der Waals surface area (Å²) in [4.78, 5) is 0. The molecule has 60 valence electrons. The first-order valence-electron chi connectivity index (χ1n) is 3.88. The zero-order valence-electron chi connectivity index (χ0n) is 7.33. The number of hydrogen-bond acceptors (Lipinski definition) is 1. The van der Waals surface area contributed by atoms with Crippen molar-refractivity contribution in [3.05, 3.63) is 41.0 Å². The number of nitriles is 1. The van der Waals surface area contributed by atoms with E-state index in [0.29, 0.717) is 0 Å². The van der Waals surface area contributed by atoms with Gasteiger partial charge in [-0.3, -0.25) is 0 Å². The number of aryl methyl sites for hydroxylation is 1. The van der Waals surface area contributed by atoms with Crippen LogP contribution in [0, 0.1) is 18.3 Å². The largest absolute Gasteiger partial charge is 0.193 e. The molecule has 0 heterocycles. The van der Waals surface area contributed by atoms with Crippen molar-refractivity contribution in [3.8, 4) is 6.07 Å². The zero-order valence-corrected chi connectivity index (χ0v) is 7.33. The lowest BCUT2D eigenvalue weighted by Crippen LogP contribution is -1.79. The fraction of sp³-hybridized carbons (Fsp3) is 0.182. The Morgan fingerprint density at radius 2 is 2.08 bits per heavy atom. The Hall–Kier alpha value is -1.55. The maximum Gasteiger partial charge on any atom is 0.0944 e. The molecular weight excluding hydrogens is 146 g/mol. The molecule has 1 aromatic carbocycles. The minimum absolute atomic E-state index is 0.740. The van der Waals surface area contributed by atoms with Gasteiger partial charge in [0.25, 0.3) is 0 Å². The molecule has 1 heteroatoms. The molecule has 0 unspecified atom stereocenters. The van der Waals surface area contributed by atoms with Gasteiger partial charge in [-0.1, -0.05) is 24.3 Å². The minimum atomic E-state index is 0.740. The highest BCUT2D eigenvalue weighted by Gasteiger charge is 1.92. The van der Waals surface area contributed by atoms with Crippen LogP contribution in [0.3, 0.4) is 0 Å². The van der Waals surface area contributed by atoms with E-state index >= 15 is 0 Å². The van der Waals surface area contributed by atoms with Crippen molar-refractivity contribution < 1.29 is 0 Å². The first-order valence-corrected chi connectivity index (χ1v) is 3.88. The fourth-order valence-electron chi connectivity index (χ4n) is 1.01. The SMILES string of the molecule is C/C(C#N)=C/c1ccccc1C. The molecule has 0 saturated carbocycles. The summed E-state index contributed by atoms with van der Waals surface area (Å²) >= 11 is 0. The van der Waals surface area contributed by atoms with Gasteiger partial charge in [0.1, 0.15) is 0 Å². The average molecular weight is 157 g/mol. The second-order valence-corrected chi connectivity index (χ2v) is 2.80. The van der Waals surface area contributed by atoms with Crippen LogP contribution in [0.15, 0.2) is 29.8 Å². The Bertz CT molecular complexity index is 342. The van der Waals surface area contributed by atoms with Gasteiger partial charge in [0.2, 0.25) is 0 Å². The lowest BCUT2D eigenvalue weighted by Gasteiger charge is -1.97. The molecule has 0 aliphatic heterocycles. The molecule has 0 N–H and O–H groups in total. The Balaban J connectivity index is 3.06. The van der Waals surface area contributed by atoms with Gasteiger partial charge in [-0.2, -0.15) is 5.26 Å². The van der Waals surface area contributed by atoms with Gasteiger partial charge >= 0.3 is 0 Å². The molecule has 1 rings (SSSR count).